The van der Waals surface area contributed by atoms with Gasteiger partial charge in [0, 0.05) is 6.54 Å². The molecule has 2 unspecified atom stereocenters. The summed E-state index contributed by atoms with van der Waals surface area (Å²) in [5.74, 6) is -0.674. The molecule has 0 aliphatic carbocycles. The Balaban J connectivity index is 4.35. The van der Waals surface area contributed by atoms with Crippen LogP contribution in [-0.4, -0.2) is 71.3 Å². The minimum atomic E-state index is -1.02. The lowest BCUT2D eigenvalue weighted by Gasteiger charge is -2.24. The van der Waals surface area contributed by atoms with E-state index in [1.807, 2.05) is 6.26 Å². The number of aliphatic carboxylic acids is 1. The molecule has 1 amide bonds. The van der Waals surface area contributed by atoms with E-state index in [9.17, 15) is 9.59 Å². The number of carbonyl (C=O) groups excluding carboxylic acids is 1. The van der Waals surface area contributed by atoms with Crippen molar-refractivity contribution < 1.29 is 19.8 Å². The summed E-state index contributed by atoms with van der Waals surface area (Å²) in [6.45, 7) is 2.01. The highest BCUT2D eigenvalue weighted by Gasteiger charge is 2.24. The van der Waals surface area contributed by atoms with Crippen LogP contribution in [0.3, 0.4) is 0 Å². The third-order valence-electron chi connectivity index (χ3n) is 2.72. The number of likely N-dealkylation sites (N-methyl/N-ethyl adjacent to an activating group) is 1. The van der Waals surface area contributed by atoms with E-state index in [1.165, 1.54) is 11.8 Å². The fraction of sp³-hybridized carbons (Fsp3) is 0.818. The average molecular weight is 278 g/mol. The molecule has 0 aliphatic heterocycles. The van der Waals surface area contributed by atoms with Crippen LogP contribution in [0.15, 0.2) is 0 Å². The van der Waals surface area contributed by atoms with E-state index < -0.39 is 18.1 Å². The van der Waals surface area contributed by atoms with Crippen molar-refractivity contribution in [1.29, 1.82) is 0 Å². The minimum absolute atomic E-state index is 0.0387. The second-order valence-electron chi connectivity index (χ2n) is 4.06. The van der Waals surface area contributed by atoms with Gasteiger partial charge in [0.15, 0.2) is 0 Å². The number of nitrogens with zero attached hydrogens (tertiary/aromatic N) is 1. The zero-order valence-corrected chi connectivity index (χ0v) is 11.9. The molecular formula is C11H22N2O4S. The number of aliphatic hydroxyl groups excluding tert-OH is 1. The average Bonchev–Trinajstić information content (AvgIpc) is 2.33. The number of hydrogen-bond donors (Lipinski definition) is 3. The van der Waals surface area contributed by atoms with E-state index >= 15 is 0 Å². The Morgan fingerprint density at radius 3 is 2.50 bits per heavy atom. The van der Waals surface area contributed by atoms with Gasteiger partial charge in [0.25, 0.3) is 0 Å². The molecule has 0 fully saturated rings. The summed E-state index contributed by atoms with van der Waals surface area (Å²) in [6.07, 6.45) is 2.29. The summed E-state index contributed by atoms with van der Waals surface area (Å²) < 4.78 is 0. The Hall–Kier alpha value is -0.790. The number of nitrogens with one attached hydrogen (secondary N) is 1. The number of carbonyl (C=O) groups is 2. The smallest absolute Gasteiger partial charge is 0.326 e. The second-order valence-corrected chi connectivity index (χ2v) is 5.05. The highest BCUT2D eigenvalue weighted by molar-refractivity contribution is 7.98. The molecule has 0 aromatic carbocycles. The largest absolute Gasteiger partial charge is 0.480 e. The molecule has 106 valence electrons. The summed E-state index contributed by atoms with van der Waals surface area (Å²) in [5, 5.41) is 20.3. The Kier molecular flexibility index (Phi) is 8.78. The van der Waals surface area contributed by atoms with Crippen LogP contribution in [0.5, 0.6) is 0 Å². The number of amides is 1. The van der Waals surface area contributed by atoms with Crippen molar-refractivity contribution in [2.75, 3.05) is 32.2 Å². The van der Waals surface area contributed by atoms with Crippen LogP contribution in [0.4, 0.5) is 0 Å². The molecule has 3 N–H and O–H groups in total. The van der Waals surface area contributed by atoms with Gasteiger partial charge in [-0.3, -0.25) is 9.69 Å². The first-order valence-electron chi connectivity index (χ1n) is 5.77. The van der Waals surface area contributed by atoms with Crippen LogP contribution >= 0.6 is 11.8 Å². The standard InChI is InChI=1S/C11H22N2O4S/c1-8(13(2)5-6-14)10(15)12-9(11(16)17)4-7-18-3/h8-9,14H,4-7H2,1-3H3,(H,12,15)(H,16,17). The van der Waals surface area contributed by atoms with Gasteiger partial charge in [0.2, 0.25) is 5.91 Å². The summed E-state index contributed by atoms with van der Waals surface area (Å²) in [5.41, 5.74) is 0. The fourth-order valence-electron chi connectivity index (χ4n) is 1.34. The number of hydrogen-bond acceptors (Lipinski definition) is 5. The zero-order chi connectivity index (χ0) is 14.1. The van der Waals surface area contributed by atoms with Crippen LogP contribution in [0, 0.1) is 0 Å². The molecule has 0 spiro atoms. The molecule has 0 saturated heterocycles. The first-order valence-corrected chi connectivity index (χ1v) is 7.16. The molecule has 0 bridgehead atoms. The predicted octanol–water partition coefficient (Wildman–Crippen LogP) is -0.378. The van der Waals surface area contributed by atoms with Crippen molar-refractivity contribution in [1.82, 2.24) is 10.2 Å². The molecule has 0 aliphatic rings. The van der Waals surface area contributed by atoms with Gasteiger partial charge in [0.05, 0.1) is 12.6 Å². The third-order valence-corrected chi connectivity index (χ3v) is 3.36. The SMILES string of the molecule is CSCCC(NC(=O)C(C)N(C)CCO)C(=O)O. The summed E-state index contributed by atoms with van der Waals surface area (Å²) >= 11 is 1.54. The van der Waals surface area contributed by atoms with Gasteiger partial charge in [-0.1, -0.05) is 0 Å². The van der Waals surface area contributed by atoms with E-state index in [0.717, 1.165) is 0 Å². The predicted molar refractivity (Wildman–Crippen MR) is 71.7 cm³/mol. The van der Waals surface area contributed by atoms with Gasteiger partial charge in [-0.15, -0.1) is 0 Å². The van der Waals surface area contributed by atoms with Crippen molar-refractivity contribution in [3.05, 3.63) is 0 Å². The van der Waals surface area contributed by atoms with Gasteiger partial charge in [-0.2, -0.15) is 11.8 Å². The molecule has 0 rings (SSSR count). The molecule has 0 aromatic rings. The fourth-order valence-corrected chi connectivity index (χ4v) is 1.81. The highest BCUT2D eigenvalue weighted by atomic mass is 32.2. The topological polar surface area (TPSA) is 89.9 Å². The van der Waals surface area contributed by atoms with Crippen LogP contribution in [0.2, 0.25) is 0 Å². The lowest BCUT2D eigenvalue weighted by molar-refractivity contribution is -0.142. The molecule has 7 heteroatoms. The number of thioether (sulfide) groups is 1. The molecule has 0 saturated carbocycles. The molecule has 0 aromatic heterocycles. The quantitative estimate of drug-likeness (QED) is 0.533. The maximum absolute atomic E-state index is 11.8. The zero-order valence-electron chi connectivity index (χ0n) is 11.0. The van der Waals surface area contributed by atoms with Crippen LogP contribution in [0.25, 0.3) is 0 Å². The van der Waals surface area contributed by atoms with Crippen LogP contribution in [0.1, 0.15) is 13.3 Å². The second kappa shape index (κ2) is 9.18. The summed E-state index contributed by atoms with van der Waals surface area (Å²) in [7, 11) is 1.71. The third kappa shape index (κ3) is 6.23. The van der Waals surface area contributed by atoms with Crippen molar-refractivity contribution in [3.63, 3.8) is 0 Å². The van der Waals surface area contributed by atoms with E-state index in [-0.39, 0.29) is 12.5 Å². The molecule has 18 heavy (non-hydrogen) atoms. The van der Waals surface area contributed by atoms with Gasteiger partial charge in [-0.05, 0) is 32.4 Å². The van der Waals surface area contributed by atoms with Crippen LogP contribution in [-0.2, 0) is 9.59 Å². The first kappa shape index (κ1) is 17.2. The van der Waals surface area contributed by atoms with Gasteiger partial charge < -0.3 is 15.5 Å². The normalized spacial score (nSPS) is 14.3. The van der Waals surface area contributed by atoms with Crippen LogP contribution < -0.4 is 5.32 Å². The lowest BCUT2D eigenvalue weighted by atomic mass is 10.2. The Labute approximate surface area is 112 Å². The number of rotatable bonds is 9. The summed E-state index contributed by atoms with van der Waals surface area (Å²) in [4.78, 5) is 24.5. The Morgan fingerprint density at radius 1 is 1.44 bits per heavy atom. The maximum atomic E-state index is 11.8. The van der Waals surface area contributed by atoms with Crippen molar-refractivity contribution >= 4 is 23.6 Å². The molecule has 2 atom stereocenters. The maximum Gasteiger partial charge on any atom is 0.326 e. The van der Waals surface area contributed by atoms with Crippen molar-refractivity contribution in [2.45, 2.75) is 25.4 Å². The van der Waals surface area contributed by atoms with E-state index in [2.05, 4.69) is 5.32 Å². The van der Waals surface area contributed by atoms with Gasteiger partial charge in [-0.25, -0.2) is 4.79 Å². The van der Waals surface area contributed by atoms with Gasteiger partial charge in [0.1, 0.15) is 6.04 Å². The number of carboxylic acids is 1. The number of carboxylic acid groups (broad SMARTS) is 1. The van der Waals surface area contributed by atoms with Crippen molar-refractivity contribution in [3.8, 4) is 0 Å². The highest BCUT2D eigenvalue weighted by Crippen LogP contribution is 2.03. The minimum Gasteiger partial charge on any atom is -0.480 e. The lowest BCUT2D eigenvalue weighted by Crippen LogP contribution is -2.50. The van der Waals surface area contributed by atoms with E-state index in [1.54, 1.807) is 18.9 Å². The molecular weight excluding hydrogens is 256 g/mol. The molecule has 0 heterocycles. The van der Waals surface area contributed by atoms with E-state index in [0.29, 0.717) is 18.7 Å². The summed E-state index contributed by atoms with van der Waals surface area (Å²) in [6, 6.07) is -1.32. The first-order chi connectivity index (χ1) is 8.43. The Bertz CT molecular complexity index is 276. The van der Waals surface area contributed by atoms with Crippen molar-refractivity contribution in [2.24, 2.45) is 0 Å². The molecule has 0 radical (unpaired) electrons. The number of aliphatic hydroxyl groups is 1. The Morgan fingerprint density at radius 2 is 2.06 bits per heavy atom. The van der Waals surface area contributed by atoms with E-state index in [4.69, 9.17) is 10.2 Å². The monoisotopic (exact) mass is 278 g/mol. The van der Waals surface area contributed by atoms with Gasteiger partial charge >= 0.3 is 5.97 Å². The molecule has 6 nitrogen and oxygen atoms in total.